The molecule has 1 aromatic carbocycles. The van der Waals surface area contributed by atoms with E-state index in [-0.39, 0.29) is 5.41 Å². The molecule has 134 valence electrons. The second kappa shape index (κ2) is 7.25. The van der Waals surface area contributed by atoms with Gasteiger partial charge in [-0.2, -0.15) is 4.98 Å². The van der Waals surface area contributed by atoms with Gasteiger partial charge in [0, 0.05) is 31.5 Å². The maximum Gasteiger partial charge on any atom is 0.232 e. The van der Waals surface area contributed by atoms with E-state index in [1.807, 2.05) is 7.05 Å². The number of hydrogen-bond donors (Lipinski definition) is 1. The molecule has 0 radical (unpaired) electrons. The molecule has 2 aromatic rings. The van der Waals surface area contributed by atoms with Gasteiger partial charge in [0.25, 0.3) is 0 Å². The SMILES string of the molecule is CN=C(NCc1noc(C(C)(C)C)n1)N1CCC(c2ccccc2)C1. The van der Waals surface area contributed by atoms with Crippen LogP contribution in [0.4, 0.5) is 0 Å². The van der Waals surface area contributed by atoms with Gasteiger partial charge in [0.2, 0.25) is 5.89 Å². The quantitative estimate of drug-likeness (QED) is 0.687. The van der Waals surface area contributed by atoms with E-state index in [0.29, 0.717) is 24.2 Å². The molecule has 0 saturated carbocycles. The second-order valence-corrected chi connectivity index (χ2v) is 7.51. The number of nitrogens with one attached hydrogen (secondary N) is 1. The summed E-state index contributed by atoms with van der Waals surface area (Å²) in [5.74, 6) is 2.76. The van der Waals surface area contributed by atoms with E-state index in [0.717, 1.165) is 25.5 Å². The largest absolute Gasteiger partial charge is 0.349 e. The molecule has 1 saturated heterocycles. The third-order valence-electron chi connectivity index (χ3n) is 4.48. The predicted octanol–water partition coefficient (Wildman–Crippen LogP) is 2.93. The van der Waals surface area contributed by atoms with Crippen LogP contribution in [0.3, 0.4) is 0 Å². The monoisotopic (exact) mass is 341 g/mol. The van der Waals surface area contributed by atoms with E-state index in [2.05, 4.69) is 76.5 Å². The van der Waals surface area contributed by atoms with E-state index < -0.39 is 0 Å². The summed E-state index contributed by atoms with van der Waals surface area (Å²) in [5, 5.41) is 7.41. The first kappa shape index (κ1) is 17.5. The average molecular weight is 341 g/mol. The van der Waals surface area contributed by atoms with Crippen LogP contribution in [0.25, 0.3) is 0 Å². The van der Waals surface area contributed by atoms with Gasteiger partial charge in [0.15, 0.2) is 11.8 Å². The minimum atomic E-state index is -0.134. The van der Waals surface area contributed by atoms with Gasteiger partial charge in [-0.15, -0.1) is 0 Å². The van der Waals surface area contributed by atoms with Crippen molar-refractivity contribution in [2.45, 2.75) is 45.1 Å². The zero-order chi connectivity index (χ0) is 17.9. The van der Waals surface area contributed by atoms with Crippen LogP contribution < -0.4 is 5.32 Å². The van der Waals surface area contributed by atoms with Crippen molar-refractivity contribution in [3.05, 3.63) is 47.6 Å². The van der Waals surface area contributed by atoms with E-state index in [1.54, 1.807) is 0 Å². The van der Waals surface area contributed by atoms with Crippen LogP contribution in [0.5, 0.6) is 0 Å². The van der Waals surface area contributed by atoms with Crippen LogP contribution in [0, 0.1) is 0 Å². The fourth-order valence-corrected chi connectivity index (χ4v) is 3.07. The number of nitrogens with zero attached hydrogens (tertiary/aromatic N) is 4. The Kier molecular flexibility index (Phi) is 5.06. The van der Waals surface area contributed by atoms with Crippen molar-refractivity contribution in [2.24, 2.45) is 4.99 Å². The Morgan fingerprint density at radius 3 is 2.72 bits per heavy atom. The van der Waals surface area contributed by atoms with E-state index >= 15 is 0 Å². The van der Waals surface area contributed by atoms with Crippen LogP contribution in [-0.2, 0) is 12.0 Å². The number of benzene rings is 1. The minimum absolute atomic E-state index is 0.134. The zero-order valence-electron chi connectivity index (χ0n) is 15.5. The number of rotatable bonds is 3. The summed E-state index contributed by atoms with van der Waals surface area (Å²) in [5.41, 5.74) is 1.26. The fourth-order valence-electron chi connectivity index (χ4n) is 3.07. The number of guanidine groups is 1. The van der Waals surface area contributed by atoms with Gasteiger partial charge in [0.05, 0.1) is 6.54 Å². The lowest BCUT2D eigenvalue weighted by atomic mass is 9.97. The average Bonchev–Trinajstić information content (AvgIpc) is 3.25. The van der Waals surface area contributed by atoms with Crippen LogP contribution in [0.15, 0.2) is 39.8 Å². The standard InChI is InChI=1S/C19H27N5O/c1-19(2,3)17-22-16(23-25-17)12-21-18(20-4)24-11-10-15(13-24)14-8-6-5-7-9-14/h5-9,15H,10-13H2,1-4H3,(H,20,21). The molecule has 1 aromatic heterocycles. The van der Waals surface area contributed by atoms with E-state index in [9.17, 15) is 0 Å². The van der Waals surface area contributed by atoms with Crippen molar-refractivity contribution in [3.8, 4) is 0 Å². The van der Waals surface area contributed by atoms with Crippen LogP contribution in [0.1, 0.15) is 50.4 Å². The van der Waals surface area contributed by atoms with Crippen molar-refractivity contribution in [1.82, 2.24) is 20.4 Å². The van der Waals surface area contributed by atoms with Crippen LogP contribution in [-0.4, -0.2) is 41.1 Å². The highest BCUT2D eigenvalue weighted by Gasteiger charge is 2.26. The molecular formula is C19H27N5O. The lowest BCUT2D eigenvalue weighted by molar-refractivity contribution is 0.318. The molecule has 0 amide bonds. The van der Waals surface area contributed by atoms with Crippen molar-refractivity contribution in [1.29, 1.82) is 0 Å². The molecule has 2 heterocycles. The molecule has 3 rings (SSSR count). The lowest BCUT2D eigenvalue weighted by Crippen LogP contribution is -2.39. The van der Waals surface area contributed by atoms with Gasteiger partial charge in [-0.3, -0.25) is 4.99 Å². The Morgan fingerprint density at radius 1 is 1.32 bits per heavy atom. The van der Waals surface area contributed by atoms with E-state index in [4.69, 9.17) is 4.52 Å². The van der Waals surface area contributed by atoms with Crippen molar-refractivity contribution >= 4 is 5.96 Å². The fraction of sp³-hybridized carbons (Fsp3) is 0.526. The summed E-state index contributed by atoms with van der Waals surface area (Å²) in [6.07, 6.45) is 1.14. The molecule has 0 bridgehead atoms. The summed E-state index contributed by atoms with van der Waals surface area (Å²) in [4.78, 5) is 11.2. The van der Waals surface area contributed by atoms with Gasteiger partial charge < -0.3 is 14.7 Å². The third-order valence-corrected chi connectivity index (χ3v) is 4.48. The Balaban J connectivity index is 1.58. The molecule has 6 nitrogen and oxygen atoms in total. The van der Waals surface area contributed by atoms with Gasteiger partial charge >= 0.3 is 0 Å². The molecule has 6 heteroatoms. The Bertz CT molecular complexity index is 717. The molecule has 1 unspecified atom stereocenters. The topological polar surface area (TPSA) is 66.5 Å². The number of likely N-dealkylation sites (tertiary alicyclic amines) is 1. The van der Waals surface area contributed by atoms with Gasteiger partial charge in [-0.05, 0) is 12.0 Å². The molecule has 0 aliphatic carbocycles. The molecular weight excluding hydrogens is 314 g/mol. The molecule has 1 atom stereocenters. The lowest BCUT2D eigenvalue weighted by Gasteiger charge is -2.21. The Hall–Kier alpha value is -2.37. The summed E-state index contributed by atoms with van der Waals surface area (Å²) < 4.78 is 5.34. The number of aromatic nitrogens is 2. The minimum Gasteiger partial charge on any atom is -0.349 e. The zero-order valence-corrected chi connectivity index (χ0v) is 15.5. The predicted molar refractivity (Wildman–Crippen MR) is 98.6 cm³/mol. The molecule has 1 aliphatic heterocycles. The van der Waals surface area contributed by atoms with Gasteiger partial charge in [0.1, 0.15) is 0 Å². The third kappa shape index (κ3) is 4.18. The molecule has 1 N–H and O–H groups in total. The maximum absolute atomic E-state index is 5.34. The molecule has 1 fully saturated rings. The first-order valence-electron chi connectivity index (χ1n) is 8.81. The van der Waals surface area contributed by atoms with Crippen molar-refractivity contribution in [2.75, 3.05) is 20.1 Å². The summed E-state index contributed by atoms with van der Waals surface area (Å²) in [6.45, 7) is 8.67. The summed E-state index contributed by atoms with van der Waals surface area (Å²) >= 11 is 0. The second-order valence-electron chi connectivity index (χ2n) is 7.51. The summed E-state index contributed by atoms with van der Waals surface area (Å²) in [7, 11) is 1.81. The Labute approximate surface area is 149 Å². The van der Waals surface area contributed by atoms with Crippen molar-refractivity contribution < 1.29 is 4.52 Å². The highest BCUT2D eigenvalue weighted by Crippen LogP contribution is 2.27. The van der Waals surface area contributed by atoms with Crippen LogP contribution >= 0.6 is 0 Å². The first-order valence-corrected chi connectivity index (χ1v) is 8.81. The Morgan fingerprint density at radius 2 is 2.08 bits per heavy atom. The summed E-state index contributed by atoms with van der Waals surface area (Å²) in [6, 6.07) is 10.7. The van der Waals surface area contributed by atoms with E-state index in [1.165, 1.54) is 5.56 Å². The highest BCUT2D eigenvalue weighted by molar-refractivity contribution is 5.80. The molecule has 1 aliphatic rings. The maximum atomic E-state index is 5.34. The number of hydrogen-bond acceptors (Lipinski definition) is 4. The number of aliphatic imine (C=N–C) groups is 1. The van der Waals surface area contributed by atoms with Crippen LogP contribution in [0.2, 0.25) is 0 Å². The normalized spacial score (nSPS) is 18.6. The highest BCUT2D eigenvalue weighted by atomic mass is 16.5. The molecule has 0 spiro atoms. The van der Waals surface area contributed by atoms with Gasteiger partial charge in [-0.1, -0.05) is 56.3 Å². The smallest absolute Gasteiger partial charge is 0.232 e. The molecule has 25 heavy (non-hydrogen) atoms. The van der Waals surface area contributed by atoms with Crippen molar-refractivity contribution in [3.63, 3.8) is 0 Å². The first-order chi connectivity index (χ1) is 12.0. The van der Waals surface area contributed by atoms with Gasteiger partial charge in [-0.25, -0.2) is 0 Å².